The number of carbonyl (C=O) groups excluding carboxylic acids is 1. The molecule has 0 aliphatic carbocycles. The number of fused-ring (bicyclic) bond motifs is 1. The number of unbranched alkanes of at least 4 members (excludes halogenated alkanes) is 2. The van der Waals surface area contributed by atoms with Crippen molar-refractivity contribution in [2.45, 2.75) is 45.1 Å². The standard InChI is InChI=1S/C29H42N4O4/c1-32(2)24-13-11-23(12-14-24)29-31-26-16-15-25(22-27(26)33(29)18-9-20-36-4)37-21-7-5-6-10-28(34)30-17-8-19-35-3/h11-16,22H,5-10,17-21H2,1-4H3,(H,30,34). The molecule has 8 nitrogen and oxygen atoms in total. The van der Waals surface area contributed by atoms with Gasteiger partial charge < -0.3 is 29.0 Å². The molecule has 0 saturated heterocycles. The van der Waals surface area contributed by atoms with Crippen LogP contribution in [0.3, 0.4) is 0 Å². The number of aromatic nitrogens is 2. The van der Waals surface area contributed by atoms with Gasteiger partial charge in [0.1, 0.15) is 11.6 Å². The molecule has 8 heteroatoms. The first-order valence-electron chi connectivity index (χ1n) is 13.2. The molecule has 1 heterocycles. The number of hydrogen-bond donors (Lipinski definition) is 1. The number of amides is 1. The van der Waals surface area contributed by atoms with Crippen LogP contribution < -0.4 is 15.0 Å². The number of nitrogens with zero attached hydrogens (tertiary/aromatic N) is 3. The zero-order chi connectivity index (χ0) is 26.5. The largest absolute Gasteiger partial charge is 0.494 e. The second kappa shape index (κ2) is 15.2. The highest BCUT2D eigenvalue weighted by Gasteiger charge is 2.14. The van der Waals surface area contributed by atoms with Crippen LogP contribution in [-0.4, -0.2) is 70.1 Å². The number of ether oxygens (including phenoxy) is 3. The van der Waals surface area contributed by atoms with Gasteiger partial charge in [-0.3, -0.25) is 4.79 Å². The average Bonchev–Trinajstić information content (AvgIpc) is 3.26. The van der Waals surface area contributed by atoms with Crippen LogP contribution in [0.2, 0.25) is 0 Å². The number of anilines is 1. The van der Waals surface area contributed by atoms with E-state index in [1.54, 1.807) is 14.2 Å². The highest BCUT2D eigenvalue weighted by molar-refractivity contribution is 5.82. The van der Waals surface area contributed by atoms with E-state index in [1.807, 2.05) is 26.2 Å². The van der Waals surface area contributed by atoms with Crippen LogP contribution in [0.1, 0.15) is 38.5 Å². The van der Waals surface area contributed by atoms with Crippen molar-refractivity contribution >= 4 is 22.6 Å². The molecule has 1 amide bonds. The van der Waals surface area contributed by atoms with Gasteiger partial charge in [0.15, 0.2) is 0 Å². The smallest absolute Gasteiger partial charge is 0.219 e. The summed E-state index contributed by atoms with van der Waals surface area (Å²) >= 11 is 0. The molecule has 202 valence electrons. The van der Waals surface area contributed by atoms with Gasteiger partial charge >= 0.3 is 0 Å². The highest BCUT2D eigenvalue weighted by atomic mass is 16.5. The summed E-state index contributed by atoms with van der Waals surface area (Å²) in [5.41, 5.74) is 4.26. The van der Waals surface area contributed by atoms with Crippen LogP contribution in [0.15, 0.2) is 42.5 Å². The third kappa shape index (κ3) is 8.76. The minimum Gasteiger partial charge on any atom is -0.494 e. The first kappa shape index (κ1) is 28.5. The summed E-state index contributed by atoms with van der Waals surface area (Å²) < 4.78 is 18.6. The first-order chi connectivity index (χ1) is 18.0. The molecule has 1 N–H and O–H groups in total. The van der Waals surface area contributed by atoms with E-state index in [2.05, 4.69) is 45.1 Å². The van der Waals surface area contributed by atoms with E-state index < -0.39 is 0 Å². The van der Waals surface area contributed by atoms with Crippen molar-refractivity contribution in [1.82, 2.24) is 14.9 Å². The minimum absolute atomic E-state index is 0.108. The van der Waals surface area contributed by atoms with Crippen molar-refractivity contribution in [3.05, 3.63) is 42.5 Å². The van der Waals surface area contributed by atoms with Crippen molar-refractivity contribution in [1.29, 1.82) is 0 Å². The molecule has 0 radical (unpaired) electrons. The highest BCUT2D eigenvalue weighted by Crippen LogP contribution is 2.29. The van der Waals surface area contributed by atoms with Crippen LogP contribution in [0, 0.1) is 0 Å². The molecule has 1 aromatic heterocycles. The number of benzene rings is 2. The summed E-state index contributed by atoms with van der Waals surface area (Å²) in [6, 6.07) is 14.6. The van der Waals surface area contributed by atoms with Crippen molar-refractivity contribution in [2.24, 2.45) is 0 Å². The Morgan fingerprint density at radius 2 is 1.68 bits per heavy atom. The van der Waals surface area contributed by atoms with Crippen LogP contribution >= 0.6 is 0 Å². The summed E-state index contributed by atoms with van der Waals surface area (Å²) in [7, 11) is 7.48. The summed E-state index contributed by atoms with van der Waals surface area (Å²) in [6.07, 6.45) is 5.02. The molecule has 0 spiro atoms. The zero-order valence-electron chi connectivity index (χ0n) is 22.8. The molecule has 37 heavy (non-hydrogen) atoms. The van der Waals surface area contributed by atoms with Gasteiger partial charge in [0.05, 0.1) is 17.6 Å². The van der Waals surface area contributed by atoms with Crippen LogP contribution in [-0.2, 0) is 20.8 Å². The number of rotatable bonds is 17. The van der Waals surface area contributed by atoms with Gasteiger partial charge in [-0.25, -0.2) is 4.98 Å². The normalized spacial score (nSPS) is 11.1. The number of methoxy groups -OCH3 is 2. The molecule has 2 aromatic carbocycles. The fourth-order valence-corrected chi connectivity index (χ4v) is 4.20. The third-order valence-corrected chi connectivity index (χ3v) is 6.26. The number of carbonyl (C=O) groups is 1. The van der Waals surface area contributed by atoms with E-state index in [-0.39, 0.29) is 5.91 Å². The molecular formula is C29H42N4O4. The zero-order valence-corrected chi connectivity index (χ0v) is 22.8. The van der Waals surface area contributed by atoms with Crippen molar-refractivity contribution in [3.8, 4) is 17.1 Å². The number of nitrogens with one attached hydrogen (secondary N) is 1. The predicted octanol–water partition coefficient (Wildman–Crippen LogP) is 4.90. The van der Waals surface area contributed by atoms with E-state index in [1.165, 1.54) is 0 Å². The van der Waals surface area contributed by atoms with E-state index in [0.29, 0.717) is 32.8 Å². The molecule has 0 saturated carbocycles. The second-order valence-electron chi connectivity index (χ2n) is 9.38. The fourth-order valence-electron chi connectivity index (χ4n) is 4.20. The second-order valence-corrected chi connectivity index (χ2v) is 9.38. The van der Waals surface area contributed by atoms with Gasteiger partial charge in [0.2, 0.25) is 5.91 Å². The van der Waals surface area contributed by atoms with Crippen molar-refractivity contribution in [2.75, 3.05) is 59.6 Å². The Morgan fingerprint density at radius 3 is 2.41 bits per heavy atom. The molecule has 3 aromatic rings. The molecular weight excluding hydrogens is 468 g/mol. The first-order valence-corrected chi connectivity index (χ1v) is 13.2. The number of imidazole rings is 1. The van der Waals surface area contributed by atoms with Gasteiger partial charge in [0, 0.05) is 78.4 Å². The summed E-state index contributed by atoms with van der Waals surface area (Å²) in [4.78, 5) is 18.9. The van der Waals surface area contributed by atoms with Gasteiger partial charge in [-0.2, -0.15) is 0 Å². The Kier molecular flexibility index (Phi) is 11.7. The average molecular weight is 511 g/mol. The Labute approximate surface area is 220 Å². The maximum Gasteiger partial charge on any atom is 0.219 e. The maximum atomic E-state index is 11.9. The summed E-state index contributed by atoms with van der Waals surface area (Å²) in [6.45, 7) is 3.47. The summed E-state index contributed by atoms with van der Waals surface area (Å²) in [5, 5.41) is 2.93. The fraction of sp³-hybridized carbons (Fsp3) is 0.517. The monoisotopic (exact) mass is 510 g/mol. The van der Waals surface area contributed by atoms with Crippen molar-refractivity contribution in [3.63, 3.8) is 0 Å². The van der Waals surface area contributed by atoms with Gasteiger partial charge in [-0.05, 0) is 68.5 Å². The minimum atomic E-state index is 0.108. The molecule has 0 aliphatic rings. The third-order valence-electron chi connectivity index (χ3n) is 6.26. The lowest BCUT2D eigenvalue weighted by Crippen LogP contribution is -2.24. The topological polar surface area (TPSA) is 77.9 Å². The molecule has 0 unspecified atom stereocenters. The van der Waals surface area contributed by atoms with Crippen LogP contribution in [0.5, 0.6) is 5.75 Å². The van der Waals surface area contributed by atoms with Gasteiger partial charge in [-0.15, -0.1) is 0 Å². The predicted molar refractivity (Wildman–Crippen MR) is 149 cm³/mol. The molecule has 0 fully saturated rings. The number of hydrogen-bond acceptors (Lipinski definition) is 6. The van der Waals surface area contributed by atoms with E-state index in [0.717, 1.165) is 72.5 Å². The Morgan fingerprint density at radius 1 is 0.919 bits per heavy atom. The lowest BCUT2D eigenvalue weighted by Gasteiger charge is -2.14. The molecule has 3 rings (SSSR count). The van der Waals surface area contributed by atoms with Crippen LogP contribution in [0.25, 0.3) is 22.4 Å². The SMILES string of the molecule is COCCCNC(=O)CCCCCOc1ccc2nc(-c3ccc(N(C)C)cc3)n(CCCOC)c2c1. The van der Waals surface area contributed by atoms with Crippen molar-refractivity contribution < 1.29 is 19.0 Å². The summed E-state index contributed by atoms with van der Waals surface area (Å²) in [5.74, 6) is 1.90. The Hall–Kier alpha value is -3.10. The maximum absolute atomic E-state index is 11.9. The molecule has 0 atom stereocenters. The Balaban J connectivity index is 1.59. The van der Waals surface area contributed by atoms with Gasteiger partial charge in [-0.1, -0.05) is 0 Å². The van der Waals surface area contributed by atoms with E-state index in [9.17, 15) is 4.79 Å². The quantitative estimate of drug-likeness (QED) is 0.260. The molecule has 0 aliphatic heterocycles. The van der Waals surface area contributed by atoms with E-state index >= 15 is 0 Å². The Bertz CT molecular complexity index is 1100. The lowest BCUT2D eigenvalue weighted by atomic mass is 10.2. The molecule has 0 bridgehead atoms. The number of aryl methyl sites for hydroxylation is 1. The van der Waals surface area contributed by atoms with Crippen LogP contribution in [0.4, 0.5) is 5.69 Å². The lowest BCUT2D eigenvalue weighted by molar-refractivity contribution is -0.121. The van der Waals surface area contributed by atoms with Gasteiger partial charge in [0.25, 0.3) is 0 Å². The van der Waals surface area contributed by atoms with E-state index in [4.69, 9.17) is 19.2 Å².